The van der Waals surface area contributed by atoms with Crippen molar-refractivity contribution in [1.82, 2.24) is 4.98 Å². The number of thiazole rings is 1. The molecule has 0 radical (unpaired) electrons. The molecule has 0 unspecified atom stereocenters. The Morgan fingerprint density at radius 1 is 1.18 bits per heavy atom. The van der Waals surface area contributed by atoms with Crippen LogP contribution in [0.2, 0.25) is 5.02 Å². The smallest absolute Gasteiger partial charge is 0.203 e. The van der Waals surface area contributed by atoms with E-state index < -0.39 is 0 Å². The van der Waals surface area contributed by atoms with Crippen molar-refractivity contribution < 1.29 is 4.74 Å². The molecule has 0 atom stereocenters. The summed E-state index contributed by atoms with van der Waals surface area (Å²) in [6.07, 6.45) is 2.67. The quantitative estimate of drug-likeness (QED) is 0.349. The molecule has 0 aliphatic heterocycles. The lowest BCUT2D eigenvalue weighted by Crippen LogP contribution is -1.96. The van der Waals surface area contributed by atoms with Crippen LogP contribution in [0.3, 0.4) is 0 Å². The molecule has 0 bridgehead atoms. The molecule has 0 spiro atoms. The van der Waals surface area contributed by atoms with Gasteiger partial charge in [0.2, 0.25) is 5.13 Å². The largest absolute Gasteiger partial charge is 0.492 e. The first kappa shape index (κ1) is 20.4. The van der Waals surface area contributed by atoms with Crippen molar-refractivity contribution in [1.29, 1.82) is 0 Å². The molecule has 1 aromatic heterocycles. The lowest BCUT2D eigenvalue weighted by atomic mass is 9.98. The number of aromatic nitrogens is 1. The number of hydrogen-bond acceptors (Lipinski definition) is 5. The molecule has 0 aliphatic carbocycles. The Morgan fingerprint density at radius 2 is 1.93 bits per heavy atom. The number of nitrogens with zero attached hydrogens (tertiary/aromatic N) is 2. The van der Waals surface area contributed by atoms with Gasteiger partial charge in [-0.1, -0.05) is 36.2 Å². The van der Waals surface area contributed by atoms with E-state index in [9.17, 15) is 0 Å². The normalized spacial score (nSPS) is 11.2. The van der Waals surface area contributed by atoms with Gasteiger partial charge in [-0.2, -0.15) is 5.10 Å². The number of halogens is 1. The second kappa shape index (κ2) is 9.22. The topological polar surface area (TPSA) is 46.5 Å². The molecular formula is C22H24ClN3OS. The summed E-state index contributed by atoms with van der Waals surface area (Å²) in [5, 5.41) is 7.67. The van der Waals surface area contributed by atoms with Crippen LogP contribution >= 0.6 is 22.9 Å². The van der Waals surface area contributed by atoms with Crippen LogP contribution in [0.15, 0.2) is 40.8 Å². The minimum Gasteiger partial charge on any atom is -0.492 e. The van der Waals surface area contributed by atoms with Crippen LogP contribution in [-0.4, -0.2) is 17.8 Å². The van der Waals surface area contributed by atoms with E-state index in [2.05, 4.69) is 60.7 Å². The van der Waals surface area contributed by atoms with E-state index >= 15 is 0 Å². The minimum absolute atomic E-state index is 0.583. The van der Waals surface area contributed by atoms with Crippen molar-refractivity contribution in [2.75, 3.05) is 12.0 Å². The van der Waals surface area contributed by atoms with Gasteiger partial charge in [0.1, 0.15) is 5.75 Å². The lowest BCUT2D eigenvalue weighted by Gasteiger charge is -2.08. The van der Waals surface area contributed by atoms with Crippen molar-refractivity contribution in [3.63, 3.8) is 0 Å². The highest BCUT2D eigenvalue weighted by Gasteiger charge is 2.10. The van der Waals surface area contributed by atoms with Crippen LogP contribution in [0.5, 0.6) is 5.75 Å². The van der Waals surface area contributed by atoms with Gasteiger partial charge in [0.25, 0.3) is 0 Å². The van der Waals surface area contributed by atoms with Gasteiger partial charge in [-0.05, 0) is 62.1 Å². The number of hydrogen-bond donors (Lipinski definition) is 1. The molecule has 0 fully saturated rings. The number of ether oxygens (including phenoxy) is 1. The van der Waals surface area contributed by atoms with Gasteiger partial charge in [-0.15, -0.1) is 11.3 Å². The SMILES string of the molecule is CCCOc1ccc(/C=N\Nc2nc(-c3c(C)cc(C)cc3C)cs2)cc1Cl. The highest BCUT2D eigenvalue weighted by Crippen LogP contribution is 2.31. The number of anilines is 1. The fraction of sp³-hybridized carbons (Fsp3) is 0.273. The van der Waals surface area contributed by atoms with Crippen LogP contribution in [0.25, 0.3) is 11.3 Å². The van der Waals surface area contributed by atoms with E-state index in [4.69, 9.17) is 16.3 Å². The molecule has 1 N–H and O–H groups in total. The summed E-state index contributed by atoms with van der Waals surface area (Å²) < 4.78 is 5.59. The standard InChI is InChI=1S/C22H24ClN3OS/c1-5-8-27-20-7-6-17(11-18(20)23)12-24-26-22-25-19(13-28-22)21-15(3)9-14(2)10-16(21)4/h6-7,9-13H,5,8H2,1-4H3,(H,25,26)/b24-12-. The van der Waals surface area contributed by atoms with Gasteiger partial charge in [0, 0.05) is 10.9 Å². The third-order valence-electron chi connectivity index (χ3n) is 4.23. The van der Waals surface area contributed by atoms with E-state index in [1.165, 1.54) is 33.6 Å². The molecule has 146 valence electrons. The Morgan fingerprint density at radius 3 is 2.61 bits per heavy atom. The summed E-state index contributed by atoms with van der Waals surface area (Å²) in [5.74, 6) is 0.696. The summed E-state index contributed by atoms with van der Waals surface area (Å²) in [4.78, 5) is 4.68. The van der Waals surface area contributed by atoms with E-state index in [-0.39, 0.29) is 0 Å². The Bertz CT molecular complexity index is 974. The van der Waals surface area contributed by atoms with E-state index in [0.29, 0.717) is 17.4 Å². The molecule has 6 heteroatoms. The highest BCUT2D eigenvalue weighted by molar-refractivity contribution is 7.14. The van der Waals surface area contributed by atoms with Gasteiger partial charge < -0.3 is 4.74 Å². The summed E-state index contributed by atoms with van der Waals surface area (Å²) in [7, 11) is 0. The minimum atomic E-state index is 0.583. The second-order valence-electron chi connectivity index (χ2n) is 6.72. The number of rotatable bonds is 7. The number of benzene rings is 2. The van der Waals surface area contributed by atoms with Crippen LogP contribution in [0.1, 0.15) is 35.6 Å². The number of hydrazone groups is 1. The molecular weight excluding hydrogens is 390 g/mol. The van der Waals surface area contributed by atoms with Crippen LogP contribution in [0, 0.1) is 20.8 Å². The Labute approximate surface area is 175 Å². The first-order valence-corrected chi connectivity index (χ1v) is 10.5. The zero-order valence-corrected chi connectivity index (χ0v) is 18.1. The zero-order chi connectivity index (χ0) is 20.1. The van der Waals surface area contributed by atoms with E-state index in [0.717, 1.165) is 22.8 Å². The Balaban J connectivity index is 1.69. The maximum atomic E-state index is 6.26. The molecule has 4 nitrogen and oxygen atoms in total. The van der Waals surface area contributed by atoms with E-state index in [1.807, 2.05) is 18.2 Å². The maximum Gasteiger partial charge on any atom is 0.203 e. The van der Waals surface area contributed by atoms with Crippen molar-refractivity contribution in [2.45, 2.75) is 34.1 Å². The molecule has 0 aliphatic rings. The third kappa shape index (κ3) is 4.91. The van der Waals surface area contributed by atoms with Gasteiger partial charge in [-0.3, -0.25) is 5.43 Å². The molecule has 3 rings (SSSR count). The first-order valence-electron chi connectivity index (χ1n) is 9.23. The Hall–Kier alpha value is -2.37. The van der Waals surface area contributed by atoms with Gasteiger partial charge in [0.05, 0.1) is 23.5 Å². The number of nitrogens with one attached hydrogen (secondary N) is 1. The predicted octanol–water partition coefficient (Wildman–Crippen LogP) is 6.62. The summed E-state index contributed by atoms with van der Waals surface area (Å²) in [5.41, 5.74) is 9.79. The molecule has 0 saturated carbocycles. The van der Waals surface area contributed by atoms with Gasteiger partial charge in [-0.25, -0.2) is 4.98 Å². The Kier molecular flexibility index (Phi) is 6.70. The predicted molar refractivity (Wildman–Crippen MR) is 120 cm³/mol. The lowest BCUT2D eigenvalue weighted by molar-refractivity contribution is 0.317. The summed E-state index contributed by atoms with van der Waals surface area (Å²) in [6, 6.07) is 10.00. The molecule has 2 aromatic carbocycles. The van der Waals surface area contributed by atoms with Crippen molar-refractivity contribution in [3.05, 3.63) is 63.0 Å². The van der Waals surface area contributed by atoms with Crippen LogP contribution < -0.4 is 10.2 Å². The third-order valence-corrected chi connectivity index (χ3v) is 5.27. The second-order valence-corrected chi connectivity index (χ2v) is 7.99. The fourth-order valence-electron chi connectivity index (χ4n) is 3.11. The van der Waals surface area contributed by atoms with Gasteiger partial charge in [0.15, 0.2) is 0 Å². The molecule has 0 saturated heterocycles. The average molecular weight is 414 g/mol. The molecule has 0 amide bonds. The monoisotopic (exact) mass is 413 g/mol. The van der Waals surface area contributed by atoms with Crippen LogP contribution in [0.4, 0.5) is 5.13 Å². The first-order chi connectivity index (χ1) is 13.5. The number of aryl methyl sites for hydroxylation is 3. The maximum absolute atomic E-state index is 6.26. The molecule has 1 heterocycles. The molecule has 28 heavy (non-hydrogen) atoms. The fourth-order valence-corrected chi connectivity index (χ4v) is 4.01. The van der Waals surface area contributed by atoms with E-state index in [1.54, 1.807) is 6.21 Å². The average Bonchev–Trinajstić information content (AvgIpc) is 3.08. The highest BCUT2D eigenvalue weighted by atomic mass is 35.5. The zero-order valence-electron chi connectivity index (χ0n) is 16.5. The summed E-state index contributed by atoms with van der Waals surface area (Å²) in [6.45, 7) is 9.07. The van der Waals surface area contributed by atoms with Crippen LogP contribution in [-0.2, 0) is 0 Å². The molecule has 3 aromatic rings. The van der Waals surface area contributed by atoms with Crippen molar-refractivity contribution in [3.8, 4) is 17.0 Å². The summed E-state index contributed by atoms with van der Waals surface area (Å²) >= 11 is 7.79. The van der Waals surface area contributed by atoms with Crippen molar-refractivity contribution >= 4 is 34.3 Å². The van der Waals surface area contributed by atoms with Gasteiger partial charge >= 0.3 is 0 Å². The van der Waals surface area contributed by atoms with Crippen molar-refractivity contribution in [2.24, 2.45) is 5.10 Å².